The standard InChI is InChI=1S/C14H20N2O2S2/c1-19-10-13(17)16-6-2-4-11(9-16)8-15-14(18)12-5-3-7-20-12/h3,5,7,11H,2,4,6,8-10H2,1H3,(H,15,18). The molecule has 1 atom stereocenters. The molecular formula is C14H20N2O2S2. The fourth-order valence-corrected chi connectivity index (χ4v) is 3.47. The Morgan fingerprint density at radius 2 is 2.40 bits per heavy atom. The molecule has 110 valence electrons. The molecule has 1 saturated heterocycles. The summed E-state index contributed by atoms with van der Waals surface area (Å²) in [4.78, 5) is 26.4. The lowest BCUT2D eigenvalue weighted by molar-refractivity contribution is -0.130. The molecule has 6 heteroatoms. The van der Waals surface area contributed by atoms with Gasteiger partial charge in [-0.05, 0) is 36.5 Å². The van der Waals surface area contributed by atoms with Crippen LogP contribution in [0.1, 0.15) is 22.5 Å². The molecule has 2 amide bonds. The Hall–Kier alpha value is -1.01. The number of nitrogens with one attached hydrogen (secondary N) is 1. The van der Waals surface area contributed by atoms with Crippen LogP contribution in [0, 0.1) is 5.92 Å². The predicted octanol–water partition coefficient (Wildman–Crippen LogP) is 2.08. The zero-order chi connectivity index (χ0) is 14.4. The average Bonchev–Trinajstić information content (AvgIpc) is 2.99. The molecular weight excluding hydrogens is 292 g/mol. The fraction of sp³-hybridized carbons (Fsp3) is 0.571. The Kier molecular flexibility index (Phi) is 5.91. The molecule has 2 rings (SSSR count). The minimum absolute atomic E-state index is 0.00689. The van der Waals surface area contributed by atoms with Crippen LogP contribution in [0.2, 0.25) is 0 Å². The molecule has 0 aromatic carbocycles. The molecule has 0 bridgehead atoms. The molecule has 20 heavy (non-hydrogen) atoms. The molecule has 4 nitrogen and oxygen atoms in total. The van der Waals surface area contributed by atoms with Crippen molar-refractivity contribution in [3.63, 3.8) is 0 Å². The van der Waals surface area contributed by atoms with Crippen LogP contribution in [0.15, 0.2) is 17.5 Å². The van der Waals surface area contributed by atoms with Crippen molar-refractivity contribution in [1.82, 2.24) is 10.2 Å². The van der Waals surface area contributed by atoms with E-state index in [1.54, 1.807) is 11.8 Å². The van der Waals surface area contributed by atoms with Gasteiger partial charge in [0.25, 0.3) is 5.91 Å². The number of nitrogens with zero attached hydrogens (tertiary/aromatic N) is 1. The lowest BCUT2D eigenvalue weighted by atomic mass is 9.98. The first-order chi connectivity index (χ1) is 9.70. The highest BCUT2D eigenvalue weighted by Gasteiger charge is 2.23. The minimum atomic E-state index is -0.00689. The SMILES string of the molecule is CSCC(=O)N1CCCC(CNC(=O)c2cccs2)C1. The third kappa shape index (κ3) is 4.24. The maximum absolute atomic E-state index is 11.9. The summed E-state index contributed by atoms with van der Waals surface area (Å²) in [5.74, 6) is 1.13. The fourth-order valence-electron chi connectivity index (χ4n) is 2.40. The van der Waals surface area contributed by atoms with Crippen LogP contribution in [0.5, 0.6) is 0 Å². The molecule has 1 fully saturated rings. The maximum Gasteiger partial charge on any atom is 0.261 e. The Morgan fingerprint density at radius 1 is 1.55 bits per heavy atom. The van der Waals surface area contributed by atoms with Gasteiger partial charge in [-0.3, -0.25) is 9.59 Å². The van der Waals surface area contributed by atoms with Gasteiger partial charge >= 0.3 is 0 Å². The highest BCUT2D eigenvalue weighted by atomic mass is 32.2. The molecule has 2 heterocycles. The maximum atomic E-state index is 11.9. The topological polar surface area (TPSA) is 49.4 Å². The molecule has 1 N–H and O–H groups in total. The number of likely N-dealkylation sites (tertiary alicyclic amines) is 1. The molecule has 0 spiro atoms. The third-order valence-corrected chi connectivity index (χ3v) is 4.84. The van der Waals surface area contributed by atoms with Gasteiger partial charge in [-0.25, -0.2) is 0 Å². The molecule has 1 aromatic rings. The van der Waals surface area contributed by atoms with Crippen molar-refractivity contribution in [1.29, 1.82) is 0 Å². The van der Waals surface area contributed by atoms with E-state index >= 15 is 0 Å². The summed E-state index contributed by atoms with van der Waals surface area (Å²) in [6, 6.07) is 3.71. The van der Waals surface area contributed by atoms with Gasteiger partial charge in [0.2, 0.25) is 5.91 Å². The quantitative estimate of drug-likeness (QED) is 0.905. The number of piperidine rings is 1. The van der Waals surface area contributed by atoms with Gasteiger partial charge in [0.1, 0.15) is 0 Å². The van der Waals surface area contributed by atoms with Gasteiger partial charge in [-0.1, -0.05) is 6.07 Å². The van der Waals surface area contributed by atoms with Gasteiger partial charge in [-0.2, -0.15) is 11.8 Å². The first-order valence-electron chi connectivity index (χ1n) is 6.79. The normalized spacial score (nSPS) is 18.9. The monoisotopic (exact) mass is 312 g/mol. The van der Waals surface area contributed by atoms with Crippen molar-refractivity contribution in [3.05, 3.63) is 22.4 Å². The van der Waals surface area contributed by atoms with Crippen molar-refractivity contribution in [2.24, 2.45) is 5.92 Å². The van der Waals surface area contributed by atoms with E-state index in [9.17, 15) is 9.59 Å². The zero-order valence-electron chi connectivity index (χ0n) is 11.6. The first-order valence-corrected chi connectivity index (χ1v) is 9.06. The van der Waals surface area contributed by atoms with Crippen molar-refractivity contribution >= 4 is 34.9 Å². The Morgan fingerprint density at radius 3 is 3.10 bits per heavy atom. The average molecular weight is 312 g/mol. The summed E-state index contributed by atoms with van der Waals surface area (Å²) in [6.45, 7) is 2.28. The van der Waals surface area contributed by atoms with Crippen molar-refractivity contribution in [3.8, 4) is 0 Å². The van der Waals surface area contributed by atoms with Crippen LogP contribution < -0.4 is 5.32 Å². The van der Waals surface area contributed by atoms with E-state index in [1.807, 2.05) is 28.7 Å². The molecule has 0 aliphatic carbocycles. The summed E-state index contributed by atoms with van der Waals surface area (Å²) in [5.41, 5.74) is 0. The van der Waals surface area contributed by atoms with Gasteiger partial charge in [0.05, 0.1) is 10.6 Å². The Balaban J connectivity index is 1.78. The molecule has 1 aliphatic heterocycles. The predicted molar refractivity (Wildman–Crippen MR) is 84.3 cm³/mol. The third-order valence-electron chi connectivity index (χ3n) is 3.44. The number of rotatable bonds is 5. The van der Waals surface area contributed by atoms with Crippen LogP contribution in [0.25, 0.3) is 0 Å². The Labute approximate surface area is 127 Å². The molecule has 1 unspecified atom stereocenters. The number of carbonyl (C=O) groups is 2. The largest absolute Gasteiger partial charge is 0.351 e. The molecule has 1 aliphatic rings. The molecule has 1 aromatic heterocycles. The number of amides is 2. The van der Waals surface area contributed by atoms with Crippen molar-refractivity contribution in [2.45, 2.75) is 12.8 Å². The lowest BCUT2D eigenvalue weighted by Crippen LogP contribution is -2.44. The second-order valence-corrected chi connectivity index (χ2v) is 6.78. The van der Waals surface area contributed by atoms with Gasteiger partial charge in [-0.15, -0.1) is 11.3 Å². The van der Waals surface area contributed by atoms with Gasteiger partial charge in [0.15, 0.2) is 0 Å². The van der Waals surface area contributed by atoms with Crippen LogP contribution >= 0.6 is 23.1 Å². The molecule has 0 radical (unpaired) electrons. The number of carbonyl (C=O) groups excluding carboxylic acids is 2. The van der Waals surface area contributed by atoms with E-state index < -0.39 is 0 Å². The van der Waals surface area contributed by atoms with E-state index in [0.717, 1.165) is 30.8 Å². The summed E-state index contributed by atoms with van der Waals surface area (Å²) in [6.07, 6.45) is 4.05. The van der Waals surface area contributed by atoms with E-state index in [-0.39, 0.29) is 11.8 Å². The zero-order valence-corrected chi connectivity index (χ0v) is 13.3. The summed E-state index contributed by atoms with van der Waals surface area (Å²) in [5, 5.41) is 4.88. The summed E-state index contributed by atoms with van der Waals surface area (Å²) >= 11 is 3.01. The van der Waals surface area contributed by atoms with Crippen LogP contribution in [-0.2, 0) is 4.79 Å². The summed E-state index contributed by atoms with van der Waals surface area (Å²) < 4.78 is 0. The number of thioether (sulfide) groups is 1. The Bertz CT molecular complexity index is 448. The second-order valence-electron chi connectivity index (χ2n) is 4.97. The van der Waals surface area contributed by atoms with E-state index in [0.29, 0.717) is 18.2 Å². The highest BCUT2D eigenvalue weighted by Crippen LogP contribution is 2.17. The first kappa shape index (κ1) is 15.4. The van der Waals surface area contributed by atoms with E-state index in [4.69, 9.17) is 0 Å². The van der Waals surface area contributed by atoms with Gasteiger partial charge < -0.3 is 10.2 Å². The lowest BCUT2D eigenvalue weighted by Gasteiger charge is -2.32. The number of hydrogen-bond donors (Lipinski definition) is 1. The van der Waals surface area contributed by atoms with Crippen LogP contribution in [0.4, 0.5) is 0 Å². The minimum Gasteiger partial charge on any atom is -0.351 e. The van der Waals surface area contributed by atoms with Gasteiger partial charge in [0, 0.05) is 19.6 Å². The van der Waals surface area contributed by atoms with E-state index in [1.165, 1.54) is 11.3 Å². The summed E-state index contributed by atoms with van der Waals surface area (Å²) in [7, 11) is 0. The highest BCUT2D eigenvalue weighted by molar-refractivity contribution is 7.99. The van der Waals surface area contributed by atoms with Crippen molar-refractivity contribution < 1.29 is 9.59 Å². The van der Waals surface area contributed by atoms with Crippen LogP contribution in [0.3, 0.4) is 0 Å². The molecule has 0 saturated carbocycles. The van der Waals surface area contributed by atoms with Crippen molar-refractivity contribution in [2.75, 3.05) is 31.6 Å². The number of hydrogen-bond acceptors (Lipinski definition) is 4. The second kappa shape index (κ2) is 7.69. The smallest absolute Gasteiger partial charge is 0.261 e. The van der Waals surface area contributed by atoms with Crippen LogP contribution in [-0.4, -0.2) is 48.4 Å². The number of thiophene rings is 1. The van der Waals surface area contributed by atoms with E-state index in [2.05, 4.69) is 5.32 Å².